The molecular weight excluding hydrogens is 176 g/mol. The van der Waals surface area contributed by atoms with E-state index in [1.165, 1.54) is 5.01 Å². The van der Waals surface area contributed by atoms with Crippen molar-refractivity contribution in [2.75, 3.05) is 0 Å². The van der Waals surface area contributed by atoms with Gasteiger partial charge in [0, 0.05) is 5.41 Å². The highest BCUT2D eigenvalue weighted by atomic mass is 16.2. The third-order valence-electron chi connectivity index (χ3n) is 3.20. The van der Waals surface area contributed by atoms with Gasteiger partial charge in [0.25, 0.3) is 0 Å². The molecule has 0 atom stereocenters. The first-order chi connectivity index (χ1) is 6.19. The molecular formula is C11H24N2O. The van der Waals surface area contributed by atoms with Gasteiger partial charge < -0.3 is 0 Å². The van der Waals surface area contributed by atoms with Crippen molar-refractivity contribution in [3.8, 4) is 0 Å². The van der Waals surface area contributed by atoms with E-state index in [2.05, 4.69) is 0 Å². The van der Waals surface area contributed by atoms with E-state index in [9.17, 15) is 4.79 Å². The van der Waals surface area contributed by atoms with Gasteiger partial charge in [0.2, 0.25) is 5.91 Å². The molecule has 0 radical (unpaired) electrons. The highest BCUT2D eigenvalue weighted by Crippen LogP contribution is 2.26. The fourth-order valence-electron chi connectivity index (χ4n) is 0.923. The zero-order chi connectivity index (χ0) is 11.6. The molecule has 0 rings (SSSR count). The lowest BCUT2D eigenvalue weighted by Gasteiger charge is -2.38. The molecule has 0 saturated heterocycles. The lowest BCUT2D eigenvalue weighted by Crippen LogP contribution is -2.56. The Labute approximate surface area is 87.6 Å². The quantitative estimate of drug-likeness (QED) is 0.430. The van der Waals surface area contributed by atoms with Crippen molar-refractivity contribution in [2.24, 2.45) is 11.3 Å². The van der Waals surface area contributed by atoms with E-state index in [1.807, 2.05) is 41.5 Å². The van der Waals surface area contributed by atoms with Gasteiger partial charge in [-0.3, -0.25) is 9.80 Å². The monoisotopic (exact) mass is 200 g/mol. The molecule has 0 aromatic heterocycles. The van der Waals surface area contributed by atoms with Crippen molar-refractivity contribution in [1.29, 1.82) is 0 Å². The number of hydrogen-bond acceptors (Lipinski definition) is 2. The van der Waals surface area contributed by atoms with Gasteiger partial charge in [0.05, 0.1) is 5.54 Å². The average Bonchev–Trinajstić information content (AvgIpc) is 2.15. The summed E-state index contributed by atoms with van der Waals surface area (Å²) in [6.07, 6.45) is 1.66. The van der Waals surface area contributed by atoms with Crippen molar-refractivity contribution in [3.05, 3.63) is 0 Å². The Hall–Kier alpha value is -0.570. The summed E-state index contributed by atoms with van der Waals surface area (Å²) in [5, 5.41) is 1.39. The summed E-state index contributed by atoms with van der Waals surface area (Å²) in [4.78, 5) is 12.0. The Balaban J connectivity index is 4.71. The van der Waals surface area contributed by atoms with Crippen LogP contribution in [0.25, 0.3) is 0 Å². The normalized spacial score (nSPS) is 12.8. The van der Waals surface area contributed by atoms with E-state index in [0.29, 0.717) is 0 Å². The molecule has 0 saturated carbocycles. The Kier molecular flexibility index (Phi) is 4.13. The number of rotatable bonds is 4. The van der Waals surface area contributed by atoms with Crippen LogP contribution in [0.3, 0.4) is 0 Å². The third-order valence-corrected chi connectivity index (χ3v) is 3.20. The zero-order valence-electron chi connectivity index (χ0n) is 10.3. The van der Waals surface area contributed by atoms with Crippen LogP contribution in [0.4, 0.5) is 0 Å². The summed E-state index contributed by atoms with van der Waals surface area (Å²) >= 11 is 0. The fraction of sp³-hybridized carbons (Fsp3) is 0.909. The first-order valence-corrected chi connectivity index (χ1v) is 5.28. The largest absolute Gasteiger partial charge is 0.275 e. The van der Waals surface area contributed by atoms with Crippen molar-refractivity contribution in [2.45, 2.75) is 59.9 Å². The molecule has 0 aliphatic heterocycles. The minimum absolute atomic E-state index is 0.0202. The van der Waals surface area contributed by atoms with E-state index < -0.39 is 0 Å². The smallest absolute Gasteiger partial charge is 0.242 e. The second kappa shape index (κ2) is 4.30. The van der Waals surface area contributed by atoms with Crippen LogP contribution in [-0.2, 0) is 4.79 Å². The lowest BCUT2D eigenvalue weighted by atomic mass is 9.87. The predicted octanol–water partition coefficient (Wildman–Crippen LogP) is 2.31. The maximum atomic E-state index is 12.0. The van der Waals surface area contributed by atoms with Crippen LogP contribution in [-0.4, -0.2) is 16.5 Å². The summed E-state index contributed by atoms with van der Waals surface area (Å²) in [5.41, 5.74) is -0.620. The maximum Gasteiger partial charge on any atom is 0.242 e. The molecule has 0 fully saturated rings. The van der Waals surface area contributed by atoms with E-state index in [4.69, 9.17) is 5.84 Å². The summed E-state index contributed by atoms with van der Waals surface area (Å²) < 4.78 is 0. The van der Waals surface area contributed by atoms with Crippen LogP contribution in [0.2, 0.25) is 0 Å². The van der Waals surface area contributed by atoms with Gasteiger partial charge in [0.1, 0.15) is 0 Å². The molecule has 0 aliphatic rings. The summed E-state index contributed by atoms with van der Waals surface area (Å²) in [7, 11) is 0. The van der Waals surface area contributed by atoms with Crippen LogP contribution >= 0.6 is 0 Å². The van der Waals surface area contributed by atoms with Gasteiger partial charge in [-0.1, -0.05) is 27.7 Å². The number of nitrogens with zero attached hydrogens (tertiary/aromatic N) is 1. The molecule has 0 aromatic carbocycles. The SMILES string of the molecule is CCC(C)(C)C(=O)N(N)C(C)(C)CC. The van der Waals surface area contributed by atoms with Gasteiger partial charge in [-0.25, -0.2) is 5.84 Å². The summed E-state index contributed by atoms with van der Waals surface area (Å²) in [6, 6.07) is 0. The molecule has 3 heteroatoms. The van der Waals surface area contributed by atoms with Crippen molar-refractivity contribution in [3.63, 3.8) is 0 Å². The van der Waals surface area contributed by atoms with Gasteiger partial charge in [-0.05, 0) is 26.7 Å². The second-order valence-electron chi connectivity index (χ2n) is 5.08. The number of hydrazine groups is 1. The fourth-order valence-corrected chi connectivity index (χ4v) is 0.923. The Morgan fingerprint density at radius 1 is 1.14 bits per heavy atom. The second-order valence-corrected chi connectivity index (χ2v) is 5.08. The standard InChI is InChI=1S/C11H24N2O/c1-7-10(3,4)9(14)13(12)11(5,6)8-2/h7-8,12H2,1-6H3. The van der Waals surface area contributed by atoms with Crippen LogP contribution in [0.1, 0.15) is 54.4 Å². The lowest BCUT2D eigenvalue weighted by molar-refractivity contribution is -0.146. The number of amides is 1. The Morgan fingerprint density at radius 3 is 1.86 bits per heavy atom. The topological polar surface area (TPSA) is 46.3 Å². The van der Waals surface area contributed by atoms with Gasteiger partial charge in [0.15, 0.2) is 0 Å². The van der Waals surface area contributed by atoms with Gasteiger partial charge in [-0.15, -0.1) is 0 Å². The predicted molar refractivity (Wildman–Crippen MR) is 59.5 cm³/mol. The number of hydrogen-bond donors (Lipinski definition) is 1. The minimum Gasteiger partial charge on any atom is -0.275 e. The summed E-state index contributed by atoms with van der Waals surface area (Å²) in [5.74, 6) is 5.87. The van der Waals surface area contributed by atoms with Crippen molar-refractivity contribution >= 4 is 5.91 Å². The van der Waals surface area contributed by atoms with E-state index in [-0.39, 0.29) is 16.9 Å². The highest BCUT2D eigenvalue weighted by Gasteiger charge is 2.35. The average molecular weight is 200 g/mol. The molecule has 3 nitrogen and oxygen atoms in total. The molecule has 0 spiro atoms. The molecule has 0 unspecified atom stereocenters. The highest BCUT2D eigenvalue weighted by molar-refractivity contribution is 5.82. The number of carbonyl (C=O) groups is 1. The molecule has 0 bridgehead atoms. The molecule has 2 N–H and O–H groups in total. The van der Waals surface area contributed by atoms with Gasteiger partial charge >= 0.3 is 0 Å². The van der Waals surface area contributed by atoms with Crippen LogP contribution < -0.4 is 5.84 Å². The van der Waals surface area contributed by atoms with E-state index >= 15 is 0 Å². The van der Waals surface area contributed by atoms with Crippen LogP contribution in [0.15, 0.2) is 0 Å². The molecule has 0 heterocycles. The first kappa shape index (κ1) is 13.4. The van der Waals surface area contributed by atoms with Crippen LogP contribution in [0, 0.1) is 5.41 Å². The van der Waals surface area contributed by atoms with E-state index in [1.54, 1.807) is 0 Å². The molecule has 1 amide bonds. The summed E-state index contributed by atoms with van der Waals surface area (Å²) in [6.45, 7) is 11.9. The molecule has 0 aromatic rings. The zero-order valence-corrected chi connectivity index (χ0v) is 10.3. The molecule has 0 aliphatic carbocycles. The Bertz CT molecular complexity index is 209. The third kappa shape index (κ3) is 2.71. The number of carbonyl (C=O) groups excluding carboxylic acids is 1. The van der Waals surface area contributed by atoms with E-state index in [0.717, 1.165) is 12.8 Å². The van der Waals surface area contributed by atoms with Crippen molar-refractivity contribution in [1.82, 2.24) is 5.01 Å². The maximum absolute atomic E-state index is 12.0. The minimum atomic E-state index is -0.360. The molecule has 84 valence electrons. The van der Waals surface area contributed by atoms with Crippen LogP contribution in [0.5, 0.6) is 0 Å². The Morgan fingerprint density at radius 2 is 1.57 bits per heavy atom. The first-order valence-electron chi connectivity index (χ1n) is 5.28. The van der Waals surface area contributed by atoms with Crippen molar-refractivity contribution < 1.29 is 4.79 Å². The number of nitrogens with two attached hydrogens (primary N) is 1. The van der Waals surface area contributed by atoms with Gasteiger partial charge in [-0.2, -0.15) is 0 Å². The molecule has 14 heavy (non-hydrogen) atoms.